The third-order valence-corrected chi connectivity index (χ3v) is 6.64. The molecule has 1 spiro atoms. The average Bonchev–Trinajstić information content (AvgIpc) is 3.24. The van der Waals surface area contributed by atoms with Crippen molar-refractivity contribution in [2.45, 2.75) is 64.1 Å². The highest BCUT2D eigenvalue weighted by Gasteiger charge is 2.51. The number of carboxylic acids is 1. The summed E-state index contributed by atoms with van der Waals surface area (Å²) in [6.45, 7) is 4.70. The highest BCUT2D eigenvalue weighted by Crippen LogP contribution is 2.48. The zero-order valence-corrected chi connectivity index (χ0v) is 17.1. The number of carboxylic acid groups (broad SMARTS) is 1. The van der Waals surface area contributed by atoms with Crippen LogP contribution in [0, 0.1) is 30.1 Å². The van der Waals surface area contributed by atoms with Gasteiger partial charge in [0.2, 0.25) is 0 Å². The number of nitrogens with zero attached hydrogens (tertiary/aromatic N) is 5. The summed E-state index contributed by atoms with van der Waals surface area (Å²) in [5.41, 5.74) is 3.91. The Morgan fingerprint density at radius 2 is 2.23 bits per heavy atom. The number of hydrogen-bond donors (Lipinski definition) is 2. The molecule has 2 N–H and O–H groups in total. The first-order chi connectivity index (χ1) is 14.4. The van der Waals surface area contributed by atoms with Gasteiger partial charge < -0.3 is 15.3 Å². The van der Waals surface area contributed by atoms with Crippen LogP contribution in [-0.4, -0.2) is 43.2 Å². The van der Waals surface area contributed by atoms with E-state index in [-0.39, 0.29) is 23.5 Å². The summed E-state index contributed by atoms with van der Waals surface area (Å²) in [6.07, 6.45) is 5.05. The zero-order chi connectivity index (χ0) is 21.0. The van der Waals surface area contributed by atoms with Crippen molar-refractivity contribution in [2.24, 2.45) is 17.0 Å². The van der Waals surface area contributed by atoms with Gasteiger partial charge in [0.05, 0.1) is 40.4 Å². The molecule has 2 saturated carbocycles. The lowest BCUT2D eigenvalue weighted by Crippen LogP contribution is -2.43. The Morgan fingerprint density at radius 3 is 2.90 bits per heavy atom. The lowest BCUT2D eigenvalue weighted by atomic mass is 9.69. The van der Waals surface area contributed by atoms with E-state index in [0.717, 1.165) is 33.7 Å². The van der Waals surface area contributed by atoms with E-state index < -0.39 is 5.97 Å². The third-order valence-electron chi connectivity index (χ3n) is 6.64. The summed E-state index contributed by atoms with van der Waals surface area (Å²) in [7, 11) is 0. The normalized spacial score (nSPS) is 29.6. The molecule has 0 amide bonds. The lowest BCUT2D eigenvalue weighted by Gasteiger charge is -2.38. The number of rotatable bonds is 5. The third kappa shape index (κ3) is 2.82. The average molecular weight is 408 g/mol. The molecule has 0 aromatic carbocycles. The number of aromatic nitrogens is 3. The maximum atomic E-state index is 11.2. The largest absolute Gasteiger partial charge is 0.481 e. The van der Waals surface area contributed by atoms with E-state index in [2.05, 4.69) is 26.6 Å². The Kier molecular flexibility index (Phi) is 4.20. The molecule has 5 rings (SSSR count). The number of anilines is 1. The number of nitrogens with one attached hydrogen (secondary N) is 1. The van der Waals surface area contributed by atoms with Crippen molar-refractivity contribution in [3.8, 4) is 6.07 Å². The molecule has 9 heteroatoms. The fraction of sp³-hybridized carbons (Fsp3) is 0.571. The number of oxime groups is 1. The van der Waals surface area contributed by atoms with E-state index in [1.165, 1.54) is 0 Å². The number of nitriles is 1. The smallest absolute Gasteiger partial charge is 0.306 e. The minimum absolute atomic E-state index is 0.0331. The molecule has 30 heavy (non-hydrogen) atoms. The van der Waals surface area contributed by atoms with Gasteiger partial charge in [0.25, 0.3) is 0 Å². The molecule has 156 valence electrons. The van der Waals surface area contributed by atoms with Crippen LogP contribution in [0.3, 0.4) is 0 Å². The Balaban J connectivity index is 1.50. The van der Waals surface area contributed by atoms with Crippen LogP contribution >= 0.6 is 0 Å². The fourth-order valence-corrected chi connectivity index (χ4v) is 4.86. The summed E-state index contributed by atoms with van der Waals surface area (Å²) >= 11 is 0. The molecule has 2 aromatic heterocycles. The van der Waals surface area contributed by atoms with Crippen LogP contribution < -0.4 is 5.32 Å². The maximum absolute atomic E-state index is 11.2. The molecule has 1 aliphatic heterocycles. The summed E-state index contributed by atoms with van der Waals surface area (Å²) < 4.78 is 1.87. The van der Waals surface area contributed by atoms with Gasteiger partial charge >= 0.3 is 5.97 Å². The van der Waals surface area contributed by atoms with Crippen molar-refractivity contribution >= 4 is 28.4 Å². The van der Waals surface area contributed by atoms with Gasteiger partial charge in [0.1, 0.15) is 5.60 Å². The minimum Gasteiger partial charge on any atom is -0.481 e. The van der Waals surface area contributed by atoms with Gasteiger partial charge in [0, 0.05) is 43.6 Å². The minimum atomic E-state index is -0.740. The van der Waals surface area contributed by atoms with Gasteiger partial charge in [-0.05, 0) is 26.7 Å². The molecule has 0 unspecified atom stereocenters. The Morgan fingerprint density at radius 1 is 1.47 bits per heavy atom. The second-order valence-corrected chi connectivity index (χ2v) is 8.72. The van der Waals surface area contributed by atoms with Crippen molar-refractivity contribution in [2.75, 3.05) is 5.32 Å². The summed E-state index contributed by atoms with van der Waals surface area (Å²) in [5.74, 6) is -1.00. The molecule has 0 bridgehead atoms. The molecule has 2 fully saturated rings. The molecular formula is C21H24N6O3. The maximum Gasteiger partial charge on any atom is 0.306 e. The molecule has 0 radical (unpaired) electrons. The quantitative estimate of drug-likeness (QED) is 0.779. The highest BCUT2D eigenvalue weighted by molar-refractivity contribution is 6.11. The predicted molar refractivity (Wildman–Crippen MR) is 109 cm³/mol. The molecule has 3 aliphatic rings. The van der Waals surface area contributed by atoms with Gasteiger partial charge in [-0.2, -0.15) is 10.4 Å². The van der Waals surface area contributed by atoms with Crippen molar-refractivity contribution < 1.29 is 14.7 Å². The molecule has 2 aliphatic carbocycles. The van der Waals surface area contributed by atoms with Crippen molar-refractivity contribution in [1.82, 2.24) is 14.8 Å². The molecule has 0 saturated heterocycles. The van der Waals surface area contributed by atoms with Crippen LogP contribution in [-0.2, 0) is 16.2 Å². The van der Waals surface area contributed by atoms with Crippen LogP contribution in [0.2, 0.25) is 0 Å². The standard InChI is InChI=1S/C21H24N6O3/c1-3-27-19-17(11(2)25-27)18(24-14-4-13(5-14)20(28)29)15(10-23-19)16-8-21(30-26-16)6-12(7-21)9-22/h10,12-14H,3-8H2,1-2H3,(H,23,24)(H,28,29). The number of hydrogen-bond acceptors (Lipinski definition) is 7. The number of fused-ring (bicyclic) bond motifs is 1. The second kappa shape index (κ2) is 6.69. The van der Waals surface area contributed by atoms with E-state index in [0.29, 0.717) is 38.6 Å². The molecule has 9 nitrogen and oxygen atoms in total. The predicted octanol–water partition coefficient (Wildman–Crippen LogP) is 2.83. The van der Waals surface area contributed by atoms with Gasteiger partial charge in [-0.3, -0.25) is 4.79 Å². The first-order valence-electron chi connectivity index (χ1n) is 10.4. The number of carbonyl (C=O) groups is 1. The number of pyridine rings is 1. The molecule has 3 heterocycles. The second-order valence-electron chi connectivity index (χ2n) is 8.72. The van der Waals surface area contributed by atoms with Gasteiger partial charge in [0.15, 0.2) is 5.65 Å². The summed E-state index contributed by atoms with van der Waals surface area (Å²) in [5, 5.41) is 31.8. The Bertz CT molecular complexity index is 1100. The fourth-order valence-electron chi connectivity index (χ4n) is 4.86. The van der Waals surface area contributed by atoms with Gasteiger partial charge in [-0.25, -0.2) is 9.67 Å². The first kappa shape index (κ1) is 18.9. The van der Waals surface area contributed by atoms with Crippen LogP contribution in [0.1, 0.15) is 50.3 Å². The number of aliphatic carboxylic acids is 1. The van der Waals surface area contributed by atoms with Crippen LogP contribution in [0.15, 0.2) is 11.4 Å². The Labute approximate surface area is 173 Å². The van der Waals surface area contributed by atoms with E-state index in [4.69, 9.17) is 10.1 Å². The SMILES string of the molecule is CCn1nc(C)c2c(NC3CC(C(=O)O)C3)c(C3=NOC4(C3)CC(C#N)C4)cnc21. The summed E-state index contributed by atoms with van der Waals surface area (Å²) in [6, 6.07) is 2.39. The van der Waals surface area contributed by atoms with Crippen molar-refractivity contribution in [3.63, 3.8) is 0 Å². The monoisotopic (exact) mass is 408 g/mol. The molecule has 0 atom stereocenters. The van der Waals surface area contributed by atoms with E-state index in [1.54, 1.807) is 0 Å². The van der Waals surface area contributed by atoms with Crippen molar-refractivity contribution in [1.29, 1.82) is 5.26 Å². The molecular weight excluding hydrogens is 384 g/mol. The Hall–Kier alpha value is -3.15. The highest BCUT2D eigenvalue weighted by atomic mass is 16.7. The first-order valence-corrected chi connectivity index (χ1v) is 10.4. The van der Waals surface area contributed by atoms with Crippen molar-refractivity contribution in [3.05, 3.63) is 17.5 Å². The lowest BCUT2D eigenvalue weighted by molar-refractivity contribution is -0.144. The van der Waals surface area contributed by atoms with Gasteiger partial charge in [-0.15, -0.1) is 0 Å². The summed E-state index contributed by atoms with van der Waals surface area (Å²) in [4.78, 5) is 21.7. The molecule has 2 aromatic rings. The van der Waals surface area contributed by atoms with E-state index >= 15 is 0 Å². The van der Waals surface area contributed by atoms with Crippen LogP contribution in [0.5, 0.6) is 0 Å². The van der Waals surface area contributed by atoms with Gasteiger partial charge in [-0.1, -0.05) is 5.16 Å². The number of aryl methyl sites for hydroxylation is 2. The topological polar surface area (TPSA) is 125 Å². The van der Waals surface area contributed by atoms with E-state index in [1.807, 2.05) is 24.7 Å². The van der Waals surface area contributed by atoms with Crippen LogP contribution in [0.25, 0.3) is 11.0 Å². The zero-order valence-electron chi connectivity index (χ0n) is 17.1. The van der Waals surface area contributed by atoms with E-state index in [9.17, 15) is 9.90 Å². The van der Waals surface area contributed by atoms with Crippen LogP contribution in [0.4, 0.5) is 5.69 Å².